The van der Waals surface area contributed by atoms with Gasteiger partial charge in [0.05, 0.1) is 23.0 Å². The van der Waals surface area contributed by atoms with Gasteiger partial charge in [-0.1, -0.05) is 90.5 Å². The van der Waals surface area contributed by atoms with E-state index in [4.69, 9.17) is 21.1 Å². The number of aromatic nitrogens is 1. The second-order valence-corrected chi connectivity index (χ2v) is 13.8. The monoisotopic (exact) mass is 684 g/mol. The number of benzene rings is 4. The van der Waals surface area contributed by atoms with Crippen LogP contribution in [0.4, 0.5) is 0 Å². The maximum Gasteiger partial charge on any atom is 0.341 e. The Hall–Kier alpha value is -4.54. The maximum absolute atomic E-state index is 13.8. The number of aliphatic hydroxyl groups excluding tert-OH is 1. The van der Waals surface area contributed by atoms with Gasteiger partial charge in [-0.2, -0.15) is 0 Å². The van der Waals surface area contributed by atoms with E-state index in [0.29, 0.717) is 42.3 Å². The van der Waals surface area contributed by atoms with Gasteiger partial charge in [-0.3, -0.25) is 4.90 Å². The summed E-state index contributed by atoms with van der Waals surface area (Å²) in [6, 6.07) is 32.5. The van der Waals surface area contributed by atoms with Gasteiger partial charge in [0, 0.05) is 31.4 Å². The van der Waals surface area contributed by atoms with Crippen molar-refractivity contribution in [1.29, 1.82) is 0 Å². The lowest BCUT2D eigenvalue weighted by Gasteiger charge is -2.25. The molecule has 0 saturated heterocycles. The standard InChI is InChI=1S/C38H37ClN2O6S/c1-27-21-33(22-34(38(43)46-2)37(27)47-26-30-11-7-4-8-12-30)48(44,45)32-16-13-28(14-17-32)19-20-41(24-29-9-5-3-6-10-29)25-35(42)31-15-18-36(39)40-23-31/h3-18,21-23,35,42H,19-20,24-26H2,1-2H3/t35-/m1/s1. The van der Waals surface area contributed by atoms with Crippen LogP contribution in [0.5, 0.6) is 5.75 Å². The van der Waals surface area contributed by atoms with Crippen molar-refractivity contribution in [3.63, 3.8) is 0 Å². The summed E-state index contributed by atoms with van der Waals surface area (Å²) < 4.78 is 38.5. The first-order valence-electron chi connectivity index (χ1n) is 15.4. The molecule has 48 heavy (non-hydrogen) atoms. The van der Waals surface area contributed by atoms with Crippen LogP contribution in [0.15, 0.2) is 125 Å². The van der Waals surface area contributed by atoms with Crippen LogP contribution in [0.2, 0.25) is 5.15 Å². The number of hydrogen-bond donors (Lipinski definition) is 1. The Morgan fingerprint density at radius 3 is 2.17 bits per heavy atom. The summed E-state index contributed by atoms with van der Waals surface area (Å²) in [4.78, 5) is 19.1. The number of esters is 1. The summed E-state index contributed by atoms with van der Waals surface area (Å²) in [5.41, 5.74) is 4.16. The highest BCUT2D eigenvalue weighted by atomic mass is 35.5. The molecule has 1 heterocycles. The smallest absolute Gasteiger partial charge is 0.341 e. The first-order valence-corrected chi connectivity index (χ1v) is 17.3. The normalized spacial score (nSPS) is 12.1. The minimum atomic E-state index is -3.97. The third kappa shape index (κ3) is 8.87. The number of hydrogen-bond acceptors (Lipinski definition) is 8. The van der Waals surface area contributed by atoms with E-state index in [9.17, 15) is 18.3 Å². The lowest BCUT2D eigenvalue weighted by atomic mass is 10.1. The molecule has 248 valence electrons. The molecule has 8 nitrogen and oxygen atoms in total. The third-order valence-corrected chi connectivity index (χ3v) is 9.93. The number of sulfone groups is 1. The Morgan fingerprint density at radius 2 is 1.54 bits per heavy atom. The number of rotatable bonds is 14. The SMILES string of the molecule is COC(=O)c1cc(S(=O)(=O)c2ccc(CCN(Cc3ccccc3)C[C@@H](O)c3ccc(Cl)nc3)cc2)cc(C)c1OCc1ccccc1. The first-order chi connectivity index (χ1) is 23.1. The van der Waals surface area contributed by atoms with Gasteiger partial charge in [-0.25, -0.2) is 18.2 Å². The molecule has 0 aliphatic carbocycles. The molecule has 1 aromatic heterocycles. The summed E-state index contributed by atoms with van der Waals surface area (Å²) in [6.07, 6.45) is 1.44. The summed E-state index contributed by atoms with van der Waals surface area (Å²) in [5, 5.41) is 11.3. The predicted octanol–water partition coefficient (Wildman–Crippen LogP) is 7.02. The number of halogens is 1. The van der Waals surface area contributed by atoms with Gasteiger partial charge in [-0.05, 0) is 65.9 Å². The summed E-state index contributed by atoms with van der Waals surface area (Å²) >= 11 is 5.93. The van der Waals surface area contributed by atoms with Gasteiger partial charge in [0.1, 0.15) is 23.1 Å². The lowest BCUT2D eigenvalue weighted by Crippen LogP contribution is -2.30. The van der Waals surface area contributed by atoms with Crippen LogP contribution < -0.4 is 4.74 Å². The number of carbonyl (C=O) groups excluding carboxylic acids is 1. The molecule has 0 unspecified atom stereocenters. The number of aryl methyl sites for hydroxylation is 1. The minimum Gasteiger partial charge on any atom is -0.488 e. The molecule has 0 fully saturated rings. The number of methoxy groups -OCH3 is 1. The summed E-state index contributed by atoms with van der Waals surface area (Å²) in [7, 11) is -2.72. The van der Waals surface area contributed by atoms with Crippen LogP contribution in [-0.4, -0.2) is 49.6 Å². The Bertz CT molecular complexity index is 1920. The van der Waals surface area contributed by atoms with Crippen molar-refractivity contribution in [3.05, 3.63) is 154 Å². The maximum atomic E-state index is 13.8. The van der Waals surface area contributed by atoms with Crippen molar-refractivity contribution >= 4 is 27.4 Å². The lowest BCUT2D eigenvalue weighted by molar-refractivity contribution is 0.0595. The Morgan fingerprint density at radius 1 is 0.875 bits per heavy atom. The zero-order valence-corrected chi connectivity index (χ0v) is 28.3. The average molecular weight is 685 g/mol. The van der Waals surface area contributed by atoms with Crippen molar-refractivity contribution in [2.24, 2.45) is 0 Å². The van der Waals surface area contributed by atoms with Crippen LogP contribution in [0.3, 0.4) is 0 Å². The molecular formula is C38H37ClN2O6S. The van der Waals surface area contributed by atoms with Crippen molar-refractivity contribution in [3.8, 4) is 5.75 Å². The molecule has 4 aromatic carbocycles. The second kappa shape index (κ2) is 16.0. The third-order valence-electron chi connectivity index (χ3n) is 7.96. The molecule has 0 aliphatic rings. The van der Waals surface area contributed by atoms with Gasteiger partial charge in [0.2, 0.25) is 9.84 Å². The molecule has 1 N–H and O–H groups in total. The Balaban J connectivity index is 1.31. The fraction of sp³-hybridized carbons (Fsp3) is 0.211. The minimum absolute atomic E-state index is 0.0278. The van der Waals surface area contributed by atoms with E-state index in [1.165, 1.54) is 19.2 Å². The predicted molar refractivity (Wildman–Crippen MR) is 185 cm³/mol. The molecule has 5 rings (SSSR count). The highest BCUT2D eigenvalue weighted by Gasteiger charge is 2.25. The summed E-state index contributed by atoms with van der Waals surface area (Å²) in [5.74, 6) is -0.413. The molecule has 0 amide bonds. The fourth-order valence-electron chi connectivity index (χ4n) is 5.35. The summed E-state index contributed by atoms with van der Waals surface area (Å²) in [6.45, 7) is 3.52. The van der Waals surface area contributed by atoms with Gasteiger partial charge < -0.3 is 14.6 Å². The van der Waals surface area contributed by atoms with Gasteiger partial charge >= 0.3 is 5.97 Å². The molecular weight excluding hydrogens is 648 g/mol. The van der Waals surface area contributed by atoms with E-state index in [-0.39, 0.29) is 27.7 Å². The van der Waals surface area contributed by atoms with E-state index < -0.39 is 21.9 Å². The van der Waals surface area contributed by atoms with Crippen LogP contribution in [0, 0.1) is 6.92 Å². The number of nitrogens with zero attached hydrogens (tertiary/aromatic N) is 2. The average Bonchev–Trinajstić information content (AvgIpc) is 3.10. The van der Waals surface area contributed by atoms with Gasteiger partial charge in [0.15, 0.2) is 0 Å². The number of carbonyl (C=O) groups is 1. The molecule has 10 heteroatoms. The molecule has 0 radical (unpaired) electrons. The molecule has 0 saturated carbocycles. The van der Waals surface area contributed by atoms with Gasteiger partial charge in [-0.15, -0.1) is 0 Å². The van der Waals surface area contributed by atoms with E-state index in [1.54, 1.807) is 49.5 Å². The van der Waals surface area contributed by atoms with E-state index in [1.807, 2.05) is 60.7 Å². The number of aliphatic hydroxyl groups is 1. The zero-order chi connectivity index (χ0) is 34.1. The zero-order valence-electron chi connectivity index (χ0n) is 26.8. The highest BCUT2D eigenvalue weighted by molar-refractivity contribution is 7.91. The number of pyridine rings is 1. The van der Waals surface area contributed by atoms with Crippen molar-refractivity contribution in [1.82, 2.24) is 9.88 Å². The highest BCUT2D eigenvalue weighted by Crippen LogP contribution is 2.32. The van der Waals surface area contributed by atoms with Crippen molar-refractivity contribution in [2.45, 2.75) is 42.4 Å². The number of ether oxygens (including phenoxy) is 2. The van der Waals surface area contributed by atoms with E-state index >= 15 is 0 Å². The topological polar surface area (TPSA) is 106 Å². The first kappa shape index (κ1) is 34.8. The van der Waals surface area contributed by atoms with Crippen molar-refractivity contribution in [2.75, 3.05) is 20.2 Å². The Kier molecular flexibility index (Phi) is 11.6. The van der Waals surface area contributed by atoms with E-state index in [2.05, 4.69) is 9.88 Å². The van der Waals surface area contributed by atoms with Crippen LogP contribution >= 0.6 is 11.6 Å². The molecule has 5 aromatic rings. The molecule has 0 spiro atoms. The van der Waals surface area contributed by atoms with Gasteiger partial charge in [0.25, 0.3) is 0 Å². The fourth-order valence-corrected chi connectivity index (χ4v) is 6.83. The molecule has 1 atom stereocenters. The van der Waals surface area contributed by atoms with Crippen LogP contribution in [0.25, 0.3) is 0 Å². The second-order valence-electron chi connectivity index (χ2n) is 11.4. The molecule has 0 bridgehead atoms. The molecule has 0 aliphatic heterocycles. The Labute approximate surface area is 286 Å². The van der Waals surface area contributed by atoms with Crippen molar-refractivity contribution < 1.29 is 27.8 Å². The largest absolute Gasteiger partial charge is 0.488 e. The quantitative estimate of drug-likeness (QED) is 0.0983. The van der Waals surface area contributed by atoms with E-state index in [0.717, 1.165) is 16.7 Å². The van der Waals surface area contributed by atoms with Crippen LogP contribution in [0.1, 0.15) is 44.3 Å². The van der Waals surface area contributed by atoms with Crippen LogP contribution in [-0.2, 0) is 34.1 Å².